The Bertz CT molecular complexity index is 950. The molecule has 0 saturated heterocycles. The maximum Gasteiger partial charge on any atom is 0.416 e. The van der Waals surface area contributed by atoms with Crippen LogP contribution in [-0.2, 0) is 12.7 Å². The molecule has 0 saturated carbocycles. The summed E-state index contributed by atoms with van der Waals surface area (Å²) in [5.74, 6) is 0.383. The minimum atomic E-state index is -4.41. The molecule has 130 valence electrons. The van der Waals surface area contributed by atoms with Crippen molar-refractivity contribution in [2.75, 3.05) is 0 Å². The molecule has 0 aliphatic heterocycles. The predicted octanol–water partition coefficient (Wildman–Crippen LogP) is 3.79. The first-order valence-electron chi connectivity index (χ1n) is 7.73. The average molecular weight is 347 g/mol. The highest BCUT2D eigenvalue weighted by Crippen LogP contribution is 2.31. The number of hydrogen-bond acceptors (Lipinski definition) is 3. The van der Waals surface area contributed by atoms with Gasteiger partial charge < -0.3 is 10.3 Å². The fourth-order valence-electron chi connectivity index (χ4n) is 2.62. The second-order valence-electron chi connectivity index (χ2n) is 5.73. The van der Waals surface area contributed by atoms with Crippen LogP contribution in [0.5, 0.6) is 0 Å². The smallest absolute Gasteiger partial charge is 0.309 e. The maximum atomic E-state index is 13.0. The molecule has 1 aromatic heterocycles. The number of nitrogens with one attached hydrogen (secondary N) is 2. The van der Waals surface area contributed by atoms with Crippen LogP contribution >= 0.6 is 0 Å². The Morgan fingerprint density at radius 1 is 1.12 bits per heavy atom. The van der Waals surface area contributed by atoms with E-state index in [9.17, 15) is 18.0 Å². The molecule has 0 aliphatic rings. The molecule has 0 fully saturated rings. The number of H-pyrrole nitrogens is 1. The number of hydrogen-bond donors (Lipinski definition) is 2. The van der Waals surface area contributed by atoms with E-state index in [1.807, 2.05) is 0 Å². The summed E-state index contributed by atoms with van der Waals surface area (Å²) in [6, 6.07) is 11.9. The van der Waals surface area contributed by atoms with Crippen LogP contribution in [0.4, 0.5) is 13.2 Å². The molecule has 0 aliphatic carbocycles. The molecule has 0 amide bonds. The maximum absolute atomic E-state index is 13.0. The standard InChI is InChI=1S/C18H16F3N3O/c1-11(16-23-15-9-5-3-7-13(15)17(25)24-16)22-10-12-6-2-4-8-14(12)18(19,20)21/h2-9,11,22H,10H2,1H3,(H,23,24,25)/t11-/m0/s1. The number of halogens is 3. The number of para-hydroxylation sites is 1. The Morgan fingerprint density at radius 2 is 1.80 bits per heavy atom. The van der Waals surface area contributed by atoms with Gasteiger partial charge in [-0.1, -0.05) is 30.3 Å². The molecule has 2 N–H and O–H groups in total. The minimum absolute atomic E-state index is 0.00733. The van der Waals surface area contributed by atoms with E-state index in [4.69, 9.17) is 0 Å². The number of rotatable bonds is 4. The fraction of sp³-hybridized carbons (Fsp3) is 0.222. The van der Waals surface area contributed by atoms with Crippen LogP contribution in [-0.4, -0.2) is 9.97 Å². The van der Waals surface area contributed by atoms with Crippen LogP contribution in [0.3, 0.4) is 0 Å². The summed E-state index contributed by atoms with van der Waals surface area (Å²) in [6.45, 7) is 1.75. The van der Waals surface area contributed by atoms with E-state index in [-0.39, 0.29) is 17.7 Å². The van der Waals surface area contributed by atoms with Gasteiger partial charge >= 0.3 is 6.18 Å². The van der Waals surface area contributed by atoms with E-state index in [1.165, 1.54) is 12.1 Å². The third-order valence-electron chi connectivity index (χ3n) is 3.96. The van der Waals surface area contributed by atoms with Crippen LogP contribution in [0.15, 0.2) is 53.3 Å². The first kappa shape index (κ1) is 17.2. The Balaban J connectivity index is 1.82. The van der Waals surface area contributed by atoms with Gasteiger partial charge in [0, 0.05) is 6.54 Å². The predicted molar refractivity (Wildman–Crippen MR) is 89.1 cm³/mol. The molecule has 1 heterocycles. The van der Waals surface area contributed by atoms with Crippen molar-refractivity contribution in [3.8, 4) is 0 Å². The van der Waals surface area contributed by atoms with Gasteiger partial charge in [0.1, 0.15) is 5.82 Å². The molecule has 0 bridgehead atoms. The van der Waals surface area contributed by atoms with Gasteiger partial charge in [0.2, 0.25) is 0 Å². The zero-order chi connectivity index (χ0) is 18.0. The molecule has 0 radical (unpaired) electrons. The number of fused-ring (bicyclic) bond motifs is 1. The molecule has 7 heteroatoms. The molecular weight excluding hydrogens is 331 g/mol. The van der Waals surface area contributed by atoms with E-state index >= 15 is 0 Å². The molecule has 4 nitrogen and oxygen atoms in total. The van der Waals surface area contributed by atoms with E-state index in [2.05, 4.69) is 15.3 Å². The van der Waals surface area contributed by atoms with Gasteiger partial charge in [0.05, 0.1) is 22.5 Å². The lowest BCUT2D eigenvalue weighted by Gasteiger charge is -2.17. The second-order valence-corrected chi connectivity index (χ2v) is 5.73. The van der Waals surface area contributed by atoms with Gasteiger partial charge in [-0.2, -0.15) is 13.2 Å². The molecule has 1 atom stereocenters. The highest BCUT2D eigenvalue weighted by atomic mass is 19.4. The number of aromatic amines is 1. The van der Waals surface area contributed by atoms with Gasteiger partial charge in [-0.3, -0.25) is 4.79 Å². The molecular formula is C18H16F3N3O. The zero-order valence-corrected chi connectivity index (χ0v) is 13.4. The van der Waals surface area contributed by atoms with Crippen LogP contribution in [0.2, 0.25) is 0 Å². The van der Waals surface area contributed by atoms with E-state index in [0.717, 1.165) is 6.07 Å². The van der Waals surface area contributed by atoms with Crippen LogP contribution in [0.25, 0.3) is 10.9 Å². The lowest BCUT2D eigenvalue weighted by atomic mass is 10.1. The summed E-state index contributed by atoms with van der Waals surface area (Å²) in [5, 5.41) is 3.46. The van der Waals surface area contributed by atoms with Crippen LogP contribution in [0, 0.1) is 0 Å². The average Bonchev–Trinajstić information content (AvgIpc) is 2.59. The van der Waals surface area contributed by atoms with Crippen molar-refractivity contribution in [2.24, 2.45) is 0 Å². The Labute approximate surface area is 141 Å². The van der Waals surface area contributed by atoms with Crippen LogP contribution < -0.4 is 10.9 Å². The third-order valence-corrected chi connectivity index (χ3v) is 3.96. The van der Waals surface area contributed by atoms with Gasteiger partial charge in [-0.15, -0.1) is 0 Å². The topological polar surface area (TPSA) is 57.8 Å². The highest BCUT2D eigenvalue weighted by molar-refractivity contribution is 5.77. The summed E-state index contributed by atoms with van der Waals surface area (Å²) >= 11 is 0. The second kappa shape index (κ2) is 6.68. The summed E-state index contributed by atoms with van der Waals surface area (Å²) < 4.78 is 39.1. The Hall–Kier alpha value is -2.67. The molecule has 0 spiro atoms. The van der Waals surface area contributed by atoms with E-state index in [1.54, 1.807) is 37.3 Å². The lowest BCUT2D eigenvalue weighted by Crippen LogP contribution is -2.24. The number of nitrogens with zero attached hydrogens (tertiary/aromatic N) is 1. The van der Waals surface area contributed by atoms with Gasteiger partial charge in [-0.25, -0.2) is 4.98 Å². The first-order chi connectivity index (χ1) is 11.9. The highest BCUT2D eigenvalue weighted by Gasteiger charge is 2.32. The summed E-state index contributed by atoms with van der Waals surface area (Å²) in [4.78, 5) is 19.2. The largest absolute Gasteiger partial charge is 0.416 e. The normalized spacial score (nSPS) is 13.1. The Morgan fingerprint density at radius 3 is 2.56 bits per heavy atom. The van der Waals surface area contributed by atoms with E-state index in [0.29, 0.717) is 16.7 Å². The number of alkyl halides is 3. The van der Waals surface area contributed by atoms with Crippen molar-refractivity contribution in [3.63, 3.8) is 0 Å². The van der Waals surface area contributed by atoms with Crippen LogP contribution in [0.1, 0.15) is 29.9 Å². The molecule has 0 unspecified atom stereocenters. The minimum Gasteiger partial charge on any atom is -0.309 e. The fourth-order valence-corrected chi connectivity index (χ4v) is 2.62. The van der Waals surface area contributed by atoms with Gasteiger partial charge in [0.15, 0.2) is 0 Å². The molecule has 3 rings (SSSR count). The van der Waals surface area contributed by atoms with Gasteiger partial charge in [-0.05, 0) is 30.7 Å². The van der Waals surface area contributed by atoms with Gasteiger partial charge in [0.25, 0.3) is 5.56 Å². The van der Waals surface area contributed by atoms with Crippen molar-refractivity contribution >= 4 is 10.9 Å². The van der Waals surface area contributed by atoms with Crippen molar-refractivity contribution in [1.29, 1.82) is 0 Å². The van der Waals surface area contributed by atoms with Crippen molar-refractivity contribution < 1.29 is 13.2 Å². The molecule has 3 aromatic rings. The number of aromatic nitrogens is 2. The summed E-state index contributed by atoms with van der Waals surface area (Å²) in [5.41, 5.74) is -0.254. The van der Waals surface area contributed by atoms with Crippen molar-refractivity contribution in [1.82, 2.24) is 15.3 Å². The molecule has 25 heavy (non-hydrogen) atoms. The number of benzene rings is 2. The quantitative estimate of drug-likeness (QED) is 0.755. The van der Waals surface area contributed by atoms with Crippen molar-refractivity contribution in [2.45, 2.75) is 25.7 Å². The zero-order valence-electron chi connectivity index (χ0n) is 13.4. The van der Waals surface area contributed by atoms with E-state index < -0.39 is 17.8 Å². The summed E-state index contributed by atoms with van der Waals surface area (Å²) in [6.07, 6.45) is -4.41. The molecule has 2 aromatic carbocycles. The monoisotopic (exact) mass is 347 g/mol. The first-order valence-corrected chi connectivity index (χ1v) is 7.73. The Kier molecular flexibility index (Phi) is 4.59. The lowest BCUT2D eigenvalue weighted by molar-refractivity contribution is -0.138. The third kappa shape index (κ3) is 3.71. The summed E-state index contributed by atoms with van der Waals surface area (Å²) in [7, 11) is 0. The SMILES string of the molecule is C[C@H](NCc1ccccc1C(F)(F)F)c1nc2ccccc2c(=O)[nH]1. The van der Waals surface area contributed by atoms with Crippen molar-refractivity contribution in [3.05, 3.63) is 75.8 Å².